The molecule has 0 unspecified atom stereocenters. The summed E-state index contributed by atoms with van der Waals surface area (Å²) < 4.78 is 13.5. The summed E-state index contributed by atoms with van der Waals surface area (Å²) in [7, 11) is 0. The first-order chi connectivity index (χ1) is 9.54. The van der Waals surface area contributed by atoms with E-state index in [0.717, 1.165) is 10.3 Å². The Morgan fingerprint density at radius 2 is 1.80 bits per heavy atom. The van der Waals surface area contributed by atoms with Crippen molar-refractivity contribution in [2.45, 2.75) is 30.7 Å². The van der Waals surface area contributed by atoms with E-state index in [1.165, 1.54) is 28.5 Å². The van der Waals surface area contributed by atoms with E-state index in [-0.39, 0.29) is 0 Å². The van der Waals surface area contributed by atoms with E-state index in [9.17, 15) is 4.39 Å². The van der Waals surface area contributed by atoms with Crippen molar-refractivity contribution in [1.82, 2.24) is 15.0 Å². The molecule has 0 bridgehead atoms. The van der Waals surface area contributed by atoms with Crippen LogP contribution in [0.2, 0.25) is 0 Å². The van der Waals surface area contributed by atoms with E-state index >= 15 is 0 Å². The first-order valence-corrected chi connectivity index (χ1v) is 7.12. The van der Waals surface area contributed by atoms with Crippen LogP contribution in [-0.2, 0) is 0 Å². The summed E-state index contributed by atoms with van der Waals surface area (Å²) in [4.78, 5) is 11.7. The lowest BCUT2D eigenvalue weighted by Crippen LogP contribution is -1.94. The Morgan fingerprint density at radius 1 is 1.10 bits per heavy atom. The minimum atomic E-state index is -0.704. The van der Waals surface area contributed by atoms with Crippen LogP contribution >= 0.6 is 11.8 Å². The number of hydrogen-bond acceptors (Lipinski definition) is 3. The summed E-state index contributed by atoms with van der Waals surface area (Å²) in [5, 5.41) is 1.49. The van der Waals surface area contributed by atoms with Crippen LogP contribution in [0.1, 0.15) is 16.7 Å². The van der Waals surface area contributed by atoms with Crippen molar-refractivity contribution in [3.63, 3.8) is 0 Å². The van der Waals surface area contributed by atoms with Gasteiger partial charge in [0.05, 0.1) is 5.39 Å². The summed E-state index contributed by atoms with van der Waals surface area (Å²) >= 11 is 1.49. The number of aromatic nitrogens is 3. The zero-order chi connectivity index (χ0) is 14.3. The molecule has 3 rings (SSSR count). The number of hydrogen-bond donors (Lipinski definition) is 1. The number of nitrogens with one attached hydrogen (secondary N) is 1. The molecule has 0 amide bonds. The van der Waals surface area contributed by atoms with Gasteiger partial charge < -0.3 is 4.98 Å². The monoisotopic (exact) mass is 287 g/mol. The van der Waals surface area contributed by atoms with Crippen molar-refractivity contribution in [2.24, 2.45) is 0 Å². The van der Waals surface area contributed by atoms with Crippen LogP contribution in [0.5, 0.6) is 0 Å². The highest BCUT2D eigenvalue weighted by Crippen LogP contribution is 2.35. The lowest BCUT2D eigenvalue weighted by molar-refractivity contribution is 0.534. The predicted octanol–water partition coefficient (Wildman–Crippen LogP) is 4.17. The van der Waals surface area contributed by atoms with E-state index in [2.05, 4.69) is 47.9 Å². The van der Waals surface area contributed by atoms with Gasteiger partial charge in [0.2, 0.25) is 0 Å². The molecule has 0 saturated carbocycles. The summed E-state index contributed by atoms with van der Waals surface area (Å²) in [5.74, 6) is 0. The van der Waals surface area contributed by atoms with Crippen molar-refractivity contribution >= 4 is 22.8 Å². The van der Waals surface area contributed by atoms with Crippen molar-refractivity contribution in [3.8, 4) is 0 Å². The molecule has 5 heteroatoms. The fourth-order valence-corrected chi connectivity index (χ4v) is 3.42. The Labute approximate surface area is 120 Å². The normalized spacial score (nSPS) is 11.2. The highest BCUT2D eigenvalue weighted by molar-refractivity contribution is 7.99. The summed E-state index contributed by atoms with van der Waals surface area (Å²) in [6, 6.07) is 6.12. The zero-order valence-corrected chi connectivity index (χ0v) is 12.3. The maximum atomic E-state index is 13.5. The first kappa shape index (κ1) is 13.1. The number of aromatic amines is 1. The van der Waals surface area contributed by atoms with Gasteiger partial charge in [0.1, 0.15) is 10.7 Å². The van der Waals surface area contributed by atoms with Gasteiger partial charge in [-0.15, -0.1) is 0 Å². The Morgan fingerprint density at radius 3 is 2.50 bits per heavy atom. The lowest BCUT2D eigenvalue weighted by Gasteiger charge is -2.10. The zero-order valence-electron chi connectivity index (χ0n) is 11.5. The molecule has 0 fully saturated rings. The fourth-order valence-electron chi connectivity index (χ4n) is 2.39. The Balaban J connectivity index is 2.12. The SMILES string of the molecule is Cc1cc(C)c(Sc2nc(F)nc3[nH]ccc23)c(C)c1. The average molecular weight is 287 g/mol. The molecule has 0 aliphatic rings. The van der Waals surface area contributed by atoms with Gasteiger partial charge in [-0.1, -0.05) is 29.5 Å². The predicted molar refractivity (Wildman–Crippen MR) is 78.6 cm³/mol. The van der Waals surface area contributed by atoms with Crippen molar-refractivity contribution in [1.29, 1.82) is 0 Å². The second-order valence-electron chi connectivity index (χ2n) is 4.87. The second kappa shape index (κ2) is 4.90. The van der Waals surface area contributed by atoms with E-state index in [4.69, 9.17) is 0 Å². The highest BCUT2D eigenvalue weighted by Gasteiger charge is 2.13. The van der Waals surface area contributed by atoms with Gasteiger partial charge in [-0.3, -0.25) is 0 Å². The maximum Gasteiger partial charge on any atom is 0.311 e. The smallest absolute Gasteiger partial charge is 0.311 e. The minimum Gasteiger partial charge on any atom is -0.346 e. The topological polar surface area (TPSA) is 41.6 Å². The van der Waals surface area contributed by atoms with Crippen LogP contribution in [0.4, 0.5) is 4.39 Å². The first-order valence-electron chi connectivity index (χ1n) is 6.31. The van der Waals surface area contributed by atoms with Crippen molar-refractivity contribution in [2.75, 3.05) is 0 Å². The summed E-state index contributed by atoms with van der Waals surface area (Å²) in [6.07, 6.45) is 1.04. The Bertz CT molecular complexity index is 772. The van der Waals surface area contributed by atoms with Crippen LogP contribution in [0.3, 0.4) is 0 Å². The van der Waals surface area contributed by atoms with Gasteiger partial charge in [0.25, 0.3) is 0 Å². The van der Waals surface area contributed by atoms with Crippen LogP contribution in [0, 0.1) is 26.8 Å². The number of aryl methyl sites for hydroxylation is 3. The molecule has 0 aliphatic heterocycles. The molecule has 1 N–H and O–H groups in total. The fraction of sp³-hybridized carbons (Fsp3) is 0.200. The third-order valence-electron chi connectivity index (χ3n) is 3.16. The van der Waals surface area contributed by atoms with Gasteiger partial charge in [-0.05, 0) is 38.0 Å². The lowest BCUT2D eigenvalue weighted by atomic mass is 10.1. The third kappa shape index (κ3) is 2.29. The third-order valence-corrected chi connectivity index (χ3v) is 4.51. The molecule has 0 aliphatic carbocycles. The van der Waals surface area contributed by atoms with Crippen molar-refractivity contribution < 1.29 is 4.39 Å². The molecular formula is C15H14FN3S. The molecule has 0 saturated heterocycles. The van der Waals surface area contributed by atoms with Crippen LogP contribution in [0.15, 0.2) is 34.3 Å². The molecule has 102 valence electrons. The molecule has 2 aromatic heterocycles. The number of halogens is 1. The van der Waals surface area contributed by atoms with Crippen molar-refractivity contribution in [3.05, 3.63) is 47.2 Å². The molecule has 0 radical (unpaired) electrons. The molecule has 3 nitrogen and oxygen atoms in total. The largest absolute Gasteiger partial charge is 0.346 e. The van der Waals surface area contributed by atoms with Crippen LogP contribution in [-0.4, -0.2) is 15.0 Å². The molecular weight excluding hydrogens is 273 g/mol. The van der Waals surface area contributed by atoms with Gasteiger partial charge in [-0.25, -0.2) is 0 Å². The van der Waals surface area contributed by atoms with E-state index in [0.29, 0.717) is 10.7 Å². The molecule has 20 heavy (non-hydrogen) atoms. The van der Waals surface area contributed by atoms with E-state index in [1.54, 1.807) is 6.20 Å². The quantitative estimate of drug-likeness (QED) is 0.568. The minimum absolute atomic E-state index is 0.530. The number of benzene rings is 1. The van der Waals surface area contributed by atoms with Crippen LogP contribution < -0.4 is 0 Å². The van der Waals surface area contributed by atoms with E-state index in [1.807, 2.05) is 6.07 Å². The summed E-state index contributed by atoms with van der Waals surface area (Å²) in [5.41, 5.74) is 4.11. The Kier molecular flexibility index (Phi) is 3.22. The standard InChI is InChI=1S/C15H14FN3S/c1-8-6-9(2)12(10(3)7-8)20-14-11-4-5-17-13(11)18-15(16)19-14/h4-7H,1-3H3,(H,17,18,19). The molecule has 0 spiro atoms. The molecule has 3 aromatic rings. The van der Waals surface area contributed by atoms with Crippen LogP contribution in [0.25, 0.3) is 11.0 Å². The number of nitrogens with zero attached hydrogens (tertiary/aromatic N) is 2. The van der Waals surface area contributed by atoms with Gasteiger partial charge in [-0.2, -0.15) is 14.4 Å². The number of rotatable bonds is 2. The molecule has 0 atom stereocenters. The summed E-state index contributed by atoms with van der Waals surface area (Å²) in [6.45, 7) is 6.20. The van der Waals surface area contributed by atoms with Gasteiger partial charge in [0, 0.05) is 11.1 Å². The molecule has 1 aromatic carbocycles. The Hall–Kier alpha value is -1.88. The second-order valence-corrected chi connectivity index (χ2v) is 5.87. The maximum absolute atomic E-state index is 13.5. The van der Waals surface area contributed by atoms with E-state index < -0.39 is 6.08 Å². The highest BCUT2D eigenvalue weighted by atomic mass is 32.2. The average Bonchev–Trinajstić information content (AvgIpc) is 2.81. The number of H-pyrrole nitrogens is 1. The van der Waals surface area contributed by atoms with Gasteiger partial charge >= 0.3 is 6.08 Å². The molecule has 2 heterocycles. The van der Waals surface area contributed by atoms with Gasteiger partial charge in [0.15, 0.2) is 0 Å². The number of fused-ring (bicyclic) bond motifs is 1.